The van der Waals surface area contributed by atoms with Gasteiger partial charge in [-0.25, -0.2) is 4.79 Å². The van der Waals surface area contributed by atoms with Crippen molar-refractivity contribution in [3.63, 3.8) is 0 Å². The number of nitrogens with one attached hydrogen (secondary N) is 1. The van der Waals surface area contributed by atoms with Gasteiger partial charge in [-0.2, -0.15) is 0 Å². The monoisotopic (exact) mass is 482 g/mol. The number of nitrogens with zero attached hydrogens (tertiary/aromatic N) is 1. The van der Waals surface area contributed by atoms with E-state index < -0.39 is 38.0 Å². The van der Waals surface area contributed by atoms with Crippen LogP contribution in [-0.2, 0) is 27.2 Å². The SMILES string of the molecule is O=C(O)CN(Cc1ccccc1)CP(=O)(O)C(NC(=O)OCc1ccccc1)c1ccccc1. The molecule has 1 amide bonds. The number of carbonyl (C=O) groups is 2. The topological polar surface area (TPSA) is 116 Å². The van der Waals surface area contributed by atoms with Crippen LogP contribution in [0.2, 0.25) is 0 Å². The van der Waals surface area contributed by atoms with Gasteiger partial charge in [-0.1, -0.05) is 91.0 Å². The Bertz CT molecular complexity index is 1110. The Balaban J connectivity index is 1.78. The molecule has 0 aliphatic heterocycles. The summed E-state index contributed by atoms with van der Waals surface area (Å²) in [5.74, 6) is -2.40. The number of aliphatic carboxylic acids is 1. The largest absolute Gasteiger partial charge is 0.480 e. The summed E-state index contributed by atoms with van der Waals surface area (Å²) in [6, 6.07) is 26.5. The van der Waals surface area contributed by atoms with Gasteiger partial charge in [0, 0.05) is 6.54 Å². The van der Waals surface area contributed by atoms with E-state index in [-0.39, 0.29) is 13.2 Å². The lowest BCUT2D eigenvalue weighted by Crippen LogP contribution is -2.35. The zero-order valence-electron chi connectivity index (χ0n) is 18.5. The van der Waals surface area contributed by atoms with Crippen molar-refractivity contribution >= 4 is 19.4 Å². The van der Waals surface area contributed by atoms with E-state index in [1.807, 2.05) is 48.5 Å². The molecule has 0 aliphatic rings. The van der Waals surface area contributed by atoms with Crippen LogP contribution in [0.4, 0.5) is 4.79 Å². The number of carbonyl (C=O) groups excluding carboxylic acids is 1. The first-order valence-corrected chi connectivity index (χ1v) is 12.6. The van der Waals surface area contributed by atoms with E-state index in [4.69, 9.17) is 4.74 Å². The highest BCUT2D eigenvalue weighted by atomic mass is 31.2. The first kappa shape index (κ1) is 25.2. The summed E-state index contributed by atoms with van der Waals surface area (Å²) < 4.78 is 18.8. The Morgan fingerprint density at radius 2 is 1.41 bits per heavy atom. The molecule has 3 N–H and O–H groups in total. The second-order valence-electron chi connectivity index (χ2n) is 7.78. The van der Waals surface area contributed by atoms with Crippen molar-refractivity contribution in [1.82, 2.24) is 10.2 Å². The van der Waals surface area contributed by atoms with E-state index in [1.54, 1.807) is 42.5 Å². The number of carboxylic acids is 1. The molecule has 0 aromatic heterocycles. The molecule has 8 nitrogen and oxygen atoms in total. The number of rotatable bonds is 11. The summed E-state index contributed by atoms with van der Waals surface area (Å²) in [6.07, 6.45) is -1.29. The van der Waals surface area contributed by atoms with Gasteiger partial charge in [-0.15, -0.1) is 0 Å². The molecule has 3 aromatic rings. The second-order valence-corrected chi connectivity index (χ2v) is 10.1. The molecular weight excluding hydrogens is 455 g/mol. The summed E-state index contributed by atoms with van der Waals surface area (Å²) in [4.78, 5) is 36.4. The first-order chi connectivity index (χ1) is 16.3. The summed E-state index contributed by atoms with van der Waals surface area (Å²) in [7, 11) is -4.17. The number of alkyl carbamates (subject to hydrolysis) is 1. The van der Waals surface area contributed by atoms with Gasteiger partial charge >= 0.3 is 12.1 Å². The Kier molecular flexibility index (Phi) is 8.99. The molecular formula is C25H27N2O6P. The second kappa shape index (κ2) is 12.1. The average molecular weight is 482 g/mol. The number of carboxylic acid groups (broad SMARTS) is 1. The van der Waals surface area contributed by atoms with E-state index in [0.717, 1.165) is 11.1 Å². The van der Waals surface area contributed by atoms with Crippen molar-refractivity contribution in [2.24, 2.45) is 0 Å². The summed E-state index contributed by atoms with van der Waals surface area (Å²) in [5.41, 5.74) is 1.99. The predicted octanol–water partition coefficient (Wildman–Crippen LogP) is 4.43. The molecule has 0 radical (unpaired) electrons. The van der Waals surface area contributed by atoms with Crippen molar-refractivity contribution in [1.29, 1.82) is 0 Å². The van der Waals surface area contributed by atoms with Gasteiger partial charge in [0.25, 0.3) is 0 Å². The van der Waals surface area contributed by atoms with Gasteiger partial charge in [-0.05, 0) is 16.7 Å². The van der Waals surface area contributed by atoms with Crippen LogP contribution in [0.3, 0.4) is 0 Å². The van der Waals surface area contributed by atoms with Crippen molar-refractivity contribution in [3.05, 3.63) is 108 Å². The number of hydrogen-bond donors (Lipinski definition) is 3. The highest BCUT2D eigenvalue weighted by Crippen LogP contribution is 2.54. The summed E-state index contributed by atoms with van der Waals surface area (Å²) >= 11 is 0. The lowest BCUT2D eigenvalue weighted by molar-refractivity contribution is -0.138. The van der Waals surface area contributed by atoms with Gasteiger partial charge in [0.2, 0.25) is 7.37 Å². The van der Waals surface area contributed by atoms with Crippen LogP contribution in [-0.4, -0.2) is 39.8 Å². The minimum atomic E-state index is -4.17. The van der Waals surface area contributed by atoms with E-state index in [2.05, 4.69) is 5.32 Å². The van der Waals surface area contributed by atoms with Gasteiger partial charge in [0.1, 0.15) is 12.4 Å². The molecule has 0 saturated carbocycles. The number of ether oxygens (including phenoxy) is 1. The smallest absolute Gasteiger partial charge is 0.408 e. The first-order valence-electron chi connectivity index (χ1n) is 10.7. The third-order valence-corrected chi connectivity index (χ3v) is 7.04. The van der Waals surface area contributed by atoms with Gasteiger partial charge in [0.05, 0.1) is 12.8 Å². The maximum absolute atomic E-state index is 13.6. The quantitative estimate of drug-likeness (QED) is 0.346. The van der Waals surface area contributed by atoms with Gasteiger partial charge < -0.3 is 20.1 Å². The van der Waals surface area contributed by atoms with Crippen molar-refractivity contribution in [3.8, 4) is 0 Å². The minimum absolute atomic E-state index is 0.00304. The van der Waals surface area contributed by atoms with Crippen LogP contribution < -0.4 is 5.32 Å². The molecule has 2 unspecified atom stereocenters. The molecule has 0 heterocycles. The highest BCUT2D eigenvalue weighted by molar-refractivity contribution is 7.58. The molecule has 0 aliphatic carbocycles. The van der Waals surface area contributed by atoms with Crippen LogP contribution in [0.25, 0.3) is 0 Å². The fourth-order valence-corrected chi connectivity index (χ4v) is 5.37. The van der Waals surface area contributed by atoms with E-state index >= 15 is 0 Å². The lowest BCUT2D eigenvalue weighted by Gasteiger charge is -2.29. The van der Waals surface area contributed by atoms with Crippen LogP contribution in [0, 0.1) is 0 Å². The fourth-order valence-electron chi connectivity index (χ4n) is 3.49. The Morgan fingerprint density at radius 1 is 0.882 bits per heavy atom. The van der Waals surface area contributed by atoms with Crippen LogP contribution in [0.5, 0.6) is 0 Å². The summed E-state index contributed by atoms with van der Waals surface area (Å²) in [5, 5.41) is 11.9. The molecule has 0 spiro atoms. The van der Waals surface area contributed by atoms with Gasteiger partial charge in [0.15, 0.2) is 0 Å². The fraction of sp³-hybridized carbons (Fsp3) is 0.200. The number of benzene rings is 3. The number of hydrogen-bond acceptors (Lipinski definition) is 5. The molecule has 3 rings (SSSR count). The molecule has 0 bridgehead atoms. The van der Waals surface area contributed by atoms with Gasteiger partial charge in [-0.3, -0.25) is 14.3 Å². The van der Waals surface area contributed by atoms with E-state index in [9.17, 15) is 24.2 Å². The van der Waals surface area contributed by atoms with Crippen molar-refractivity contribution < 1.29 is 28.9 Å². The van der Waals surface area contributed by atoms with Crippen molar-refractivity contribution in [2.45, 2.75) is 18.9 Å². The maximum Gasteiger partial charge on any atom is 0.408 e. The third kappa shape index (κ3) is 7.85. The molecule has 0 fully saturated rings. The van der Waals surface area contributed by atoms with Crippen molar-refractivity contribution in [2.75, 3.05) is 12.8 Å². The molecule has 9 heteroatoms. The maximum atomic E-state index is 13.6. The van der Waals surface area contributed by atoms with Crippen LogP contribution >= 0.6 is 7.37 Å². The number of amides is 1. The molecule has 3 aromatic carbocycles. The van der Waals surface area contributed by atoms with Crippen LogP contribution in [0.15, 0.2) is 91.0 Å². The van der Waals surface area contributed by atoms with Crippen LogP contribution in [0.1, 0.15) is 22.5 Å². The average Bonchev–Trinajstić information content (AvgIpc) is 2.82. The Morgan fingerprint density at radius 3 is 1.97 bits per heavy atom. The normalized spacial score (nSPS) is 13.6. The Labute approximate surface area is 198 Å². The molecule has 0 saturated heterocycles. The minimum Gasteiger partial charge on any atom is -0.480 e. The molecule has 2 atom stereocenters. The van der Waals surface area contributed by atoms with E-state index in [1.165, 1.54) is 4.90 Å². The highest BCUT2D eigenvalue weighted by Gasteiger charge is 2.36. The predicted molar refractivity (Wildman–Crippen MR) is 128 cm³/mol. The molecule has 178 valence electrons. The Hall–Kier alpha value is -3.45. The zero-order valence-corrected chi connectivity index (χ0v) is 19.4. The molecule has 34 heavy (non-hydrogen) atoms. The summed E-state index contributed by atoms with van der Waals surface area (Å²) in [6.45, 7) is -0.264. The third-order valence-electron chi connectivity index (χ3n) is 5.00. The van der Waals surface area contributed by atoms with E-state index in [0.29, 0.717) is 5.56 Å². The zero-order chi connectivity index (χ0) is 24.4. The standard InChI is InChI=1S/C25H27N2O6P/c28-23(29)17-27(16-20-10-4-1-5-11-20)19-34(31,32)24(22-14-8-3-9-15-22)26-25(30)33-18-21-12-6-2-7-13-21/h1-15,24H,16-19H2,(H,26,30)(H,28,29)(H,31,32). The lowest BCUT2D eigenvalue weighted by atomic mass is 10.2.